The summed E-state index contributed by atoms with van der Waals surface area (Å²) in [6.45, 7) is 2.03. The molecule has 0 saturated heterocycles. The molecule has 1 N–H and O–H groups in total. The first-order valence-electron chi connectivity index (χ1n) is 7.49. The van der Waals surface area contributed by atoms with Gasteiger partial charge < -0.3 is 4.74 Å². The van der Waals surface area contributed by atoms with Gasteiger partial charge in [-0.05, 0) is 60.5 Å². The van der Waals surface area contributed by atoms with Gasteiger partial charge in [0.2, 0.25) is 0 Å². The number of anilines is 1. The molecular weight excluding hydrogens is 284 g/mol. The lowest BCUT2D eigenvalue weighted by Gasteiger charge is -2.08. The molecule has 3 aromatic carbocycles. The quantitative estimate of drug-likeness (QED) is 0.517. The summed E-state index contributed by atoms with van der Waals surface area (Å²) >= 11 is 0. The van der Waals surface area contributed by atoms with Crippen LogP contribution in [-0.4, -0.2) is 6.21 Å². The Balaban J connectivity index is 1.62. The molecule has 0 radical (unpaired) electrons. The van der Waals surface area contributed by atoms with E-state index >= 15 is 0 Å². The van der Waals surface area contributed by atoms with Crippen LogP contribution in [0.5, 0.6) is 11.5 Å². The Morgan fingerprint density at radius 1 is 0.826 bits per heavy atom. The highest BCUT2D eigenvalue weighted by Gasteiger charge is 2.00. The molecule has 0 unspecified atom stereocenters. The molecule has 0 saturated carbocycles. The zero-order chi connectivity index (χ0) is 15.9. The summed E-state index contributed by atoms with van der Waals surface area (Å²) in [6.07, 6.45) is 1.78. The Kier molecular flexibility index (Phi) is 4.69. The largest absolute Gasteiger partial charge is 0.457 e. The Bertz CT molecular complexity index is 780. The van der Waals surface area contributed by atoms with E-state index in [0.717, 1.165) is 28.3 Å². The molecular formula is C20H18N2O. The van der Waals surface area contributed by atoms with Gasteiger partial charge in [0.1, 0.15) is 11.5 Å². The lowest BCUT2D eigenvalue weighted by Crippen LogP contribution is -1.91. The summed E-state index contributed by atoms with van der Waals surface area (Å²) in [5.74, 6) is 1.69. The summed E-state index contributed by atoms with van der Waals surface area (Å²) in [4.78, 5) is 0. The number of benzene rings is 3. The minimum atomic E-state index is 0.812. The average Bonchev–Trinajstić information content (AvgIpc) is 2.59. The van der Waals surface area contributed by atoms with Gasteiger partial charge in [0.25, 0.3) is 0 Å². The zero-order valence-electron chi connectivity index (χ0n) is 12.9. The first-order chi connectivity index (χ1) is 11.3. The van der Waals surface area contributed by atoms with Crippen molar-refractivity contribution in [1.82, 2.24) is 0 Å². The van der Waals surface area contributed by atoms with E-state index in [2.05, 4.69) is 10.5 Å². The molecule has 23 heavy (non-hydrogen) atoms. The third kappa shape index (κ3) is 4.20. The lowest BCUT2D eigenvalue weighted by molar-refractivity contribution is 0.479. The van der Waals surface area contributed by atoms with Crippen molar-refractivity contribution in [2.75, 3.05) is 5.43 Å². The Morgan fingerprint density at radius 3 is 2.26 bits per heavy atom. The number of rotatable bonds is 5. The molecule has 0 aliphatic heterocycles. The van der Waals surface area contributed by atoms with Crippen molar-refractivity contribution in [3.63, 3.8) is 0 Å². The van der Waals surface area contributed by atoms with Gasteiger partial charge in [0, 0.05) is 0 Å². The zero-order valence-corrected chi connectivity index (χ0v) is 12.9. The fourth-order valence-corrected chi connectivity index (χ4v) is 2.11. The van der Waals surface area contributed by atoms with Crippen LogP contribution < -0.4 is 10.2 Å². The second kappa shape index (κ2) is 7.27. The third-order valence-electron chi connectivity index (χ3n) is 3.38. The van der Waals surface area contributed by atoms with Gasteiger partial charge in [-0.15, -0.1) is 0 Å². The summed E-state index contributed by atoms with van der Waals surface area (Å²) in [5, 5.41) is 4.22. The molecule has 0 amide bonds. The van der Waals surface area contributed by atoms with Crippen molar-refractivity contribution in [2.24, 2.45) is 5.10 Å². The van der Waals surface area contributed by atoms with Gasteiger partial charge in [-0.3, -0.25) is 5.43 Å². The van der Waals surface area contributed by atoms with Gasteiger partial charge in [-0.1, -0.05) is 36.4 Å². The SMILES string of the molecule is Cc1ccccc1Oc1ccc(C=NNc2ccccc2)cc1. The standard InChI is InChI=1S/C20H18N2O/c1-16-7-5-6-10-20(16)23-19-13-11-17(12-14-19)15-21-22-18-8-3-2-4-9-18/h2-15,22H,1H3. The van der Waals surface area contributed by atoms with Crippen molar-refractivity contribution in [3.8, 4) is 11.5 Å². The molecule has 0 heterocycles. The van der Waals surface area contributed by atoms with E-state index in [0.29, 0.717) is 0 Å². The molecule has 3 heteroatoms. The van der Waals surface area contributed by atoms with Crippen molar-refractivity contribution in [1.29, 1.82) is 0 Å². The van der Waals surface area contributed by atoms with Crippen LogP contribution in [0.4, 0.5) is 5.69 Å². The van der Waals surface area contributed by atoms with E-state index in [1.807, 2.05) is 85.8 Å². The molecule has 0 aliphatic rings. The van der Waals surface area contributed by atoms with Crippen molar-refractivity contribution in [2.45, 2.75) is 6.92 Å². The maximum absolute atomic E-state index is 5.88. The Hall–Kier alpha value is -3.07. The Labute approximate surface area is 136 Å². The van der Waals surface area contributed by atoms with Gasteiger partial charge >= 0.3 is 0 Å². The second-order valence-electron chi connectivity index (χ2n) is 5.17. The Morgan fingerprint density at radius 2 is 1.52 bits per heavy atom. The summed E-state index contributed by atoms with van der Waals surface area (Å²) in [7, 11) is 0. The molecule has 114 valence electrons. The van der Waals surface area contributed by atoms with Crippen LogP contribution in [0.3, 0.4) is 0 Å². The van der Waals surface area contributed by atoms with Gasteiger partial charge in [-0.2, -0.15) is 5.10 Å². The summed E-state index contributed by atoms with van der Waals surface area (Å²) in [5.41, 5.74) is 6.08. The fourth-order valence-electron chi connectivity index (χ4n) is 2.11. The fraction of sp³-hybridized carbons (Fsp3) is 0.0500. The molecule has 0 aliphatic carbocycles. The molecule has 0 atom stereocenters. The van der Waals surface area contributed by atoms with E-state index < -0.39 is 0 Å². The topological polar surface area (TPSA) is 33.6 Å². The predicted octanol–water partition coefficient (Wildman–Crippen LogP) is 5.23. The van der Waals surface area contributed by atoms with Crippen LogP contribution in [0.25, 0.3) is 0 Å². The number of aryl methyl sites for hydroxylation is 1. The van der Waals surface area contributed by atoms with Gasteiger partial charge in [0.05, 0.1) is 11.9 Å². The predicted molar refractivity (Wildman–Crippen MR) is 95.4 cm³/mol. The average molecular weight is 302 g/mol. The maximum Gasteiger partial charge on any atom is 0.130 e. The van der Waals surface area contributed by atoms with Crippen molar-refractivity contribution in [3.05, 3.63) is 90.0 Å². The van der Waals surface area contributed by atoms with Crippen molar-refractivity contribution < 1.29 is 4.74 Å². The molecule has 3 rings (SSSR count). The van der Waals surface area contributed by atoms with Crippen LogP contribution in [0.2, 0.25) is 0 Å². The third-order valence-corrected chi connectivity index (χ3v) is 3.38. The van der Waals surface area contributed by atoms with Gasteiger partial charge in [0.15, 0.2) is 0 Å². The number of hydrogen-bond donors (Lipinski definition) is 1. The molecule has 0 fully saturated rings. The molecule has 0 aromatic heterocycles. The first kappa shape index (κ1) is 14.9. The minimum absolute atomic E-state index is 0.812. The lowest BCUT2D eigenvalue weighted by atomic mass is 10.2. The number of ether oxygens (including phenoxy) is 1. The molecule has 0 spiro atoms. The smallest absolute Gasteiger partial charge is 0.130 e. The van der Waals surface area contributed by atoms with E-state index in [1.165, 1.54) is 0 Å². The minimum Gasteiger partial charge on any atom is -0.457 e. The van der Waals surface area contributed by atoms with Gasteiger partial charge in [-0.25, -0.2) is 0 Å². The highest BCUT2D eigenvalue weighted by Crippen LogP contribution is 2.24. The molecule has 3 nitrogen and oxygen atoms in total. The highest BCUT2D eigenvalue weighted by atomic mass is 16.5. The molecule has 0 bridgehead atoms. The van der Waals surface area contributed by atoms with E-state index in [9.17, 15) is 0 Å². The summed E-state index contributed by atoms with van der Waals surface area (Å²) in [6, 6.07) is 25.7. The molecule has 3 aromatic rings. The number of nitrogens with zero attached hydrogens (tertiary/aromatic N) is 1. The second-order valence-corrected chi connectivity index (χ2v) is 5.17. The van der Waals surface area contributed by atoms with E-state index in [1.54, 1.807) is 6.21 Å². The number of para-hydroxylation sites is 2. The number of hydrazone groups is 1. The normalized spacial score (nSPS) is 10.7. The van der Waals surface area contributed by atoms with Crippen LogP contribution in [0.15, 0.2) is 84.0 Å². The van der Waals surface area contributed by atoms with Crippen LogP contribution >= 0.6 is 0 Å². The maximum atomic E-state index is 5.88. The number of hydrogen-bond acceptors (Lipinski definition) is 3. The van der Waals surface area contributed by atoms with Crippen LogP contribution in [-0.2, 0) is 0 Å². The highest BCUT2D eigenvalue weighted by molar-refractivity contribution is 5.80. The van der Waals surface area contributed by atoms with Crippen LogP contribution in [0.1, 0.15) is 11.1 Å². The summed E-state index contributed by atoms with van der Waals surface area (Å²) < 4.78 is 5.88. The van der Waals surface area contributed by atoms with E-state index in [-0.39, 0.29) is 0 Å². The van der Waals surface area contributed by atoms with Crippen molar-refractivity contribution >= 4 is 11.9 Å². The van der Waals surface area contributed by atoms with E-state index in [4.69, 9.17) is 4.74 Å². The number of nitrogens with one attached hydrogen (secondary N) is 1. The monoisotopic (exact) mass is 302 g/mol. The van der Waals surface area contributed by atoms with Crippen LogP contribution in [0, 0.1) is 6.92 Å². The first-order valence-corrected chi connectivity index (χ1v) is 7.49.